The molecule has 0 bridgehead atoms. The first-order chi connectivity index (χ1) is 6.38. The third-order valence-electron chi connectivity index (χ3n) is 1.53. The molecule has 1 aromatic rings. The van der Waals surface area contributed by atoms with Crippen LogP contribution in [0.4, 0.5) is 5.82 Å². The number of hydrogen-bond donors (Lipinski definition) is 1. The smallest absolute Gasteiger partial charge is 0.143 e. The lowest BCUT2D eigenvalue weighted by Crippen LogP contribution is -2.09. The second kappa shape index (κ2) is 5.12. The summed E-state index contributed by atoms with van der Waals surface area (Å²) in [5.41, 5.74) is 0.554. The average molecular weight is 177 g/mol. The van der Waals surface area contributed by atoms with E-state index < -0.39 is 0 Å². The Bertz CT molecular complexity index is 306. The van der Waals surface area contributed by atoms with Crippen LogP contribution in [0.2, 0.25) is 0 Å². The number of ether oxygens (including phenoxy) is 1. The topological polar surface area (TPSA) is 57.9 Å². The molecule has 0 amide bonds. The van der Waals surface area contributed by atoms with Crippen LogP contribution in [0.15, 0.2) is 18.3 Å². The van der Waals surface area contributed by atoms with Crippen LogP contribution in [-0.2, 0) is 4.74 Å². The second-order valence-electron chi connectivity index (χ2n) is 2.43. The molecule has 0 saturated heterocycles. The molecule has 1 N–H and O–H groups in total. The quantitative estimate of drug-likeness (QED) is 0.697. The predicted molar refractivity (Wildman–Crippen MR) is 49.3 cm³/mol. The summed E-state index contributed by atoms with van der Waals surface area (Å²) in [7, 11) is 1.63. The molecule has 1 heterocycles. The zero-order chi connectivity index (χ0) is 9.52. The van der Waals surface area contributed by atoms with E-state index in [1.165, 1.54) is 0 Å². The predicted octanol–water partition coefficient (Wildman–Crippen LogP) is 1.01. The van der Waals surface area contributed by atoms with Crippen molar-refractivity contribution < 1.29 is 4.74 Å². The molecule has 0 saturated carbocycles. The molecular weight excluding hydrogens is 166 g/mol. The van der Waals surface area contributed by atoms with Crippen LogP contribution < -0.4 is 5.32 Å². The Morgan fingerprint density at radius 2 is 2.54 bits per heavy atom. The van der Waals surface area contributed by atoms with Crippen LogP contribution >= 0.6 is 0 Å². The van der Waals surface area contributed by atoms with Gasteiger partial charge in [0.25, 0.3) is 0 Å². The minimum absolute atomic E-state index is 0.554. The van der Waals surface area contributed by atoms with E-state index in [4.69, 9.17) is 10.00 Å². The summed E-state index contributed by atoms with van der Waals surface area (Å²) >= 11 is 0. The third kappa shape index (κ3) is 2.73. The van der Waals surface area contributed by atoms with Crippen molar-refractivity contribution in [1.29, 1.82) is 5.26 Å². The molecule has 4 nitrogen and oxygen atoms in total. The summed E-state index contributed by atoms with van der Waals surface area (Å²) in [6.07, 6.45) is 1.65. The highest BCUT2D eigenvalue weighted by Crippen LogP contribution is 2.08. The minimum atomic E-state index is 0.554. The molecule has 0 aliphatic heterocycles. The van der Waals surface area contributed by atoms with E-state index in [1.807, 2.05) is 0 Å². The molecule has 0 radical (unpaired) electrons. The first kappa shape index (κ1) is 9.49. The monoisotopic (exact) mass is 177 g/mol. The normalized spacial score (nSPS) is 9.23. The molecular formula is C9H11N3O. The van der Waals surface area contributed by atoms with E-state index in [1.54, 1.807) is 25.4 Å². The van der Waals surface area contributed by atoms with Gasteiger partial charge in [-0.3, -0.25) is 0 Å². The Hall–Kier alpha value is -1.60. The number of nitrogens with zero attached hydrogens (tertiary/aromatic N) is 2. The molecule has 0 aliphatic rings. The van der Waals surface area contributed by atoms with Gasteiger partial charge in [0.1, 0.15) is 11.9 Å². The van der Waals surface area contributed by atoms with Crippen molar-refractivity contribution in [2.24, 2.45) is 0 Å². The van der Waals surface area contributed by atoms with Gasteiger partial charge in [0.05, 0.1) is 12.2 Å². The minimum Gasteiger partial charge on any atom is -0.383 e. The number of pyridine rings is 1. The number of rotatable bonds is 4. The molecule has 1 aromatic heterocycles. The van der Waals surface area contributed by atoms with Gasteiger partial charge in [-0.2, -0.15) is 5.26 Å². The number of nitriles is 1. The van der Waals surface area contributed by atoms with E-state index in [2.05, 4.69) is 16.4 Å². The second-order valence-corrected chi connectivity index (χ2v) is 2.43. The van der Waals surface area contributed by atoms with Gasteiger partial charge in [0.2, 0.25) is 0 Å². The van der Waals surface area contributed by atoms with E-state index >= 15 is 0 Å². The van der Waals surface area contributed by atoms with Gasteiger partial charge in [0, 0.05) is 19.9 Å². The fraction of sp³-hybridized carbons (Fsp3) is 0.333. The lowest BCUT2D eigenvalue weighted by molar-refractivity contribution is 0.210. The third-order valence-corrected chi connectivity index (χ3v) is 1.53. The van der Waals surface area contributed by atoms with Crippen LogP contribution in [0.25, 0.3) is 0 Å². The van der Waals surface area contributed by atoms with E-state index in [0.29, 0.717) is 24.5 Å². The van der Waals surface area contributed by atoms with E-state index in [9.17, 15) is 0 Å². The maximum Gasteiger partial charge on any atom is 0.143 e. The van der Waals surface area contributed by atoms with Gasteiger partial charge in [-0.25, -0.2) is 4.98 Å². The molecule has 0 aliphatic carbocycles. The number of hydrogen-bond acceptors (Lipinski definition) is 4. The number of anilines is 1. The van der Waals surface area contributed by atoms with Crippen molar-refractivity contribution in [3.8, 4) is 6.07 Å². The summed E-state index contributed by atoms with van der Waals surface area (Å²) < 4.78 is 4.86. The molecule has 0 fully saturated rings. The van der Waals surface area contributed by atoms with Gasteiger partial charge in [-0.1, -0.05) is 0 Å². The van der Waals surface area contributed by atoms with Crippen molar-refractivity contribution >= 4 is 5.82 Å². The first-order valence-corrected chi connectivity index (χ1v) is 3.96. The zero-order valence-electron chi connectivity index (χ0n) is 7.45. The van der Waals surface area contributed by atoms with E-state index in [-0.39, 0.29) is 0 Å². The van der Waals surface area contributed by atoms with Crippen molar-refractivity contribution in [3.63, 3.8) is 0 Å². The largest absolute Gasteiger partial charge is 0.383 e. The van der Waals surface area contributed by atoms with Gasteiger partial charge in [-0.05, 0) is 12.1 Å². The summed E-state index contributed by atoms with van der Waals surface area (Å²) in [6.45, 7) is 1.25. The SMILES string of the molecule is COCCNc1ncccc1C#N. The van der Waals surface area contributed by atoms with Crippen LogP contribution in [0.1, 0.15) is 5.56 Å². The fourth-order valence-corrected chi connectivity index (χ4v) is 0.908. The van der Waals surface area contributed by atoms with Crippen LogP contribution in [0.5, 0.6) is 0 Å². The maximum atomic E-state index is 8.71. The molecule has 0 spiro atoms. The molecule has 68 valence electrons. The molecule has 0 unspecified atom stereocenters. The highest BCUT2D eigenvalue weighted by Gasteiger charge is 1.99. The summed E-state index contributed by atoms with van der Waals surface area (Å²) in [6, 6.07) is 5.52. The molecule has 1 rings (SSSR count). The molecule has 4 heteroatoms. The summed E-state index contributed by atoms with van der Waals surface area (Å²) in [4.78, 5) is 4.03. The highest BCUT2D eigenvalue weighted by molar-refractivity contribution is 5.50. The zero-order valence-corrected chi connectivity index (χ0v) is 7.45. The summed E-state index contributed by atoms with van der Waals surface area (Å²) in [5.74, 6) is 0.613. The summed E-state index contributed by atoms with van der Waals surface area (Å²) in [5, 5.41) is 11.7. The van der Waals surface area contributed by atoms with Gasteiger partial charge in [0.15, 0.2) is 0 Å². The fourth-order valence-electron chi connectivity index (χ4n) is 0.908. The van der Waals surface area contributed by atoms with Crippen molar-refractivity contribution in [3.05, 3.63) is 23.9 Å². The average Bonchev–Trinajstić information content (AvgIpc) is 2.19. The Labute approximate surface area is 77.2 Å². The van der Waals surface area contributed by atoms with Gasteiger partial charge < -0.3 is 10.1 Å². The van der Waals surface area contributed by atoms with Gasteiger partial charge >= 0.3 is 0 Å². The Kier molecular flexibility index (Phi) is 3.74. The maximum absolute atomic E-state index is 8.71. The van der Waals surface area contributed by atoms with Crippen molar-refractivity contribution in [2.45, 2.75) is 0 Å². The van der Waals surface area contributed by atoms with Gasteiger partial charge in [-0.15, -0.1) is 0 Å². The van der Waals surface area contributed by atoms with Crippen LogP contribution in [-0.4, -0.2) is 25.2 Å². The highest BCUT2D eigenvalue weighted by atomic mass is 16.5. The molecule has 13 heavy (non-hydrogen) atoms. The lowest BCUT2D eigenvalue weighted by atomic mass is 10.3. The number of aromatic nitrogens is 1. The number of nitrogens with one attached hydrogen (secondary N) is 1. The van der Waals surface area contributed by atoms with E-state index in [0.717, 1.165) is 0 Å². The van der Waals surface area contributed by atoms with Crippen LogP contribution in [0.3, 0.4) is 0 Å². The first-order valence-electron chi connectivity index (χ1n) is 3.96. The van der Waals surface area contributed by atoms with Crippen molar-refractivity contribution in [1.82, 2.24) is 4.98 Å². The molecule has 0 atom stereocenters. The lowest BCUT2D eigenvalue weighted by Gasteiger charge is -2.04. The Morgan fingerprint density at radius 1 is 1.69 bits per heavy atom. The Morgan fingerprint density at radius 3 is 3.23 bits per heavy atom. The number of methoxy groups -OCH3 is 1. The Balaban J connectivity index is 2.60. The van der Waals surface area contributed by atoms with Crippen molar-refractivity contribution in [2.75, 3.05) is 25.6 Å². The molecule has 0 aromatic carbocycles. The van der Waals surface area contributed by atoms with Crippen LogP contribution in [0, 0.1) is 11.3 Å². The standard InChI is InChI=1S/C9H11N3O/c1-13-6-5-12-9-8(7-10)3-2-4-11-9/h2-4H,5-6H2,1H3,(H,11,12).